The maximum absolute atomic E-state index is 3.15. The van der Waals surface area contributed by atoms with Crippen molar-refractivity contribution in [1.82, 2.24) is 0 Å². The predicted molar refractivity (Wildman–Crippen MR) is 140 cm³/mol. The van der Waals surface area contributed by atoms with Crippen molar-refractivity contribution in [2.45, 2.75) is 12.8 Å². The van der Waals surface area contributed by atoms with Gasteiger partial charge in [-0.1, -0.05) is 66.7 Å². The molecule has 0 nitrogen and oxygen atoms in total. The summed E-state index contributed by atoms with van der Waals surface area (Å²) in [5, 5.41) is 5.39. The number of rotatable bonds is 3. The standard InChI is InChI=1S/C13H9.C11H9.C8H8.2ClH.Zr/c1-3-7-12-10(5-1)9-11-6-2-4-8-13(11)12;1-2-6-10(7-3-1)11-8-4-5-9-11;1-2-8-6-4-3-5-7-8;;;/h1-9H;1-3,6-9H,4H2;1,3-7H,2H2;2*1H;/q2*-1;;;;+2/p-2. The molecule has 1 aliphatic carbocycles. The van der Waals surface area contributed by atoms with Gasteiger partial charge >= 0.3 is 70.3 Å². The summed E-state index contributed by atoms with van der Waals surface area (Å²) < 4.78 is 2.25. The number of hydrogen-bond acceptors (Lipinski definition) is 0. The zero-order chi connectivity index (χ0) is 22.7. The minimum absolute atomic E-state index is 0. The first-order valence-electron chi connectivity index (χ1n) is 11.2. The van der Waals surface area contributed by atoms with Crippen molar-refractivity contribution in [2.75, 3.05) is 0 Å². The summed E-state index contributed by atoms with van der Waals surface area (Å²) in [6.07, 6.45) is 9.48. The summed E-state index contributed by atoms with van der Waals surface area (Å²) in [4.78, 5) is 0. The molecule has 6 rings (SSSR count). The van der Waals surface area contributed by atoms with E-state index in [2.05, 4.69) is 125 Å². The molecular weight excluding hydrogens is 546 g/mol. The largest absolute Gasteiger partial charge is 0.126 e. The Morgan fingerprint density at radius 1 is 0.686 bits per heavy atom. The van der Waals surface area contributed by atoms with Crippen LogP contribution in [0.15, 0.2) is 127 Å². The van der Waals surface area contributed by atoms with Crippen molar-refractivity contribution in [1.29, 1.82) is 0 Å². The number of halogens is 2. The first kappa shape index (κ1) is 28.8. The van der Waals surface area contributed by atoms with E-state index in [1.807, 2.05) is 12.1 Å². The van der Waals surface area contributed by atoms with Crippen LogP contribution in [0.2, 0.25) is 0 Å². The van der Waals surface area contributed by atoms with Gasteiger partial charge < -0.3 is 24.8 Å². The van der Waals surface area contributed by atoms with E-state index in [1.54, 1.807) is 0 Å². The zero-order valence-electron chi connectivity index (χ0n) is 19.4. The van der Waals surface area contributed by atoms with Gasteiger partial charge in [0.25, 0.3) is 0 Å². The van der Waals surface area contributed by atoms with Crippen LogP contribution in [-0.2, 0) is 30.7 Å². The molecule has 0 amide bonds. The number of hydrogen-bond donors (Lipinski definition) is 0. The molecular formula is C32H26Cl2Zr-2. The summed E-state index contributed by atoms with van der Waals surface area (Å²) in [6.45, 7) is 0. The second-order valence-corrected chi connectivity index (χ2v) is 8.79. The third-order valence-electron chi connectivity index (χ3n) is 5.51. The summed E-state index contributed by atoms with van der Waals surface area (Å²) in [5.41, 5.74) is 4.00. The van der Waals surface area contributed by atoms with Crippen molar-refractivity contribution in [3.63, 3.8) is 0 Å². The van der Waals surface area contributed by atoms with Gasteiger partial charge in [0.2, 0.25) is 0 Å². The molecule has 0 saturated carbocycles. The molecule has 5 aromatic rings. The van der Waals surface area contributed by atoms with Crippen molar-refractivity contribution < 1.29 is 49.0 Å². The van der Waals surface area contributed by atoms with E-state index in [-0.39, 0.29) is 24.8 Å². The van der Waals surface area contributed by atoms with Crippen molar-refractivity contribution in [3.05, 3.63) is 145 Å². The number of benzene rings is 4. The van der Waals surface area contributed by atoms with E-state index >= 15 is 0 Å². The molecule has 0 atom stereocenters. The van der Waals surface area contributed by atoms with Crippen LogP contribution in [0, 0.1) is 6.08 Å². The minimum Gasteiger partial charge on any atom is -0.126 e. The fraction of sp³-hybridized carbons (Fsp3) is 0.0625. The Balaban J connectivity index is 0.000000183. The normalized spacial score (nSPS) is 11.2. The second kappa shape index (κ2) is 15.5. The summed E-state index contributed by atoms with van der Waals surface area (Å²) in [6, 6.07) is 40.2. The molecule has 5 aromatic carbocycles. The first-order valence-corrected chi connectivity index (χ1v) is 12.7. The molecule has 0 heterocycles. The van der Waals surface area contributed by atoms with Crippen molar-refractivity contribution in [2.24, 2.45) is 0 Å². The van der Waals surface area contributed by atoms with Crippen LogP contribution in [-0.4, -0.2) is 3.71 Å². The molecule has 0 bridgehead atoms. The van der Waals surface area contributed by atoms with E-state index in [4.69, 9.17) is 0 Å². The quantitative estimate of drug-likeness (QED) is 0.291. The van der Waals surface area contributed by atoms with Crippen molar-refractivity contribution in [3.8, 4) is 0 Å². The van der Waals surface area contributed by atoms with Crippen LogP contribution in [0.4, 0.5) is 0 Å². The van der Waals surface area contributed by atoms with E-state index in [1.165, 1.54) is 62.5 Å². The fourth-order valence-corrected chi connectivity index (χ4v) is 4.44. The van der Waals surface area contributed by atoms with Gasteiger partial charge in [-0.3, -0.25) is 6.08 Å². The van der Waals surface area contributed by atoms with Gasteiger partial charge in [0, 0.05) is 0 Å². The molecule has 0 aliphatic heterocycles. The Morgan fingerprint density at radius 2 is 1.20 bits per heavy atom. The van der Waals surface area contributed by atoms with E-state index in [9.17, 15) is 0 Å². The number of allylic oxidation sites excluding steroid dienone is 4. The maximum Gasteiger partial charge on any atom is -0.0771 e. The van der Waals surface area contributed by atoms with E-state index < -0.39 is 0 Å². The minimum atomic E-state index is 0. The Morgan fingerprint density at radius 3 is 1.71 bits per heavy atom. The Labute approximate surface area is 235 Å². The van der Waals surface area contributed by atoms with Gasteiger partial charge in [0.1, 0.15) is 0 Å². The van der Waals surface area contributed by atoms with Gasteiger partial charge in [-0.05, 0) is 0 Å². The third kappa shape index (κ3) is 8.33. The molecule has 0 aromatic heterocycles. The summed E-state index contributed by atoms with van der Waals surface area (Å²) >= 11 is 1.51. The third-order valence-corrected chi connectivity index (χ3v) is 6.01. The van der Waals surface area contributed by atoms with Gasteiger partial charge in [-0.25, -0.2) is 6.08 Å². The molecule has 35 heavy (non-hydrogen) atoms. The van der Waals surface area contributed by atoms with Crippen molar-refractivity contribution >= 4 is 30.8 Å². The summed E-state index contributed by atoms with van der Waals surface area (Å²) in [5.74, 6) is 0. The average molecular weight is 573 g/mol. The predicted octanol–water partition coefficient (Wildman–Crippen LogP) is 2.13. The van der Waals surface area contributed by atoms with Crippen LogP contribution in [0.5, 0.6) is 0 Å². The molecule has 0 saturated heterocycles. The Hall–Kier alpha value is -2.44. The van der Waals surface area contributed by atoms with Gasteiger partial charge in [-0.2, -0.15) is 11.6 Å². The smallest absolute Gasteiger partial charge is 0.0771 e. The fourth-order valence-electron chi connectivity index (χ4n) is 3.86. The molecule has 0 fully saturated rings. The molecule has 0 spiro atoms. The van der Waals surface area contributed by atoms with Crippen LogP contribution in [0.1, 0.15) is 17.5 Å². The second-order valence-electron chi connectivity index (χ2n) is 7.79. The molecule has 174 valence electrons. The SMILES string of the molecule is [C-]1=CC(c2ccccc2)=CC1.[Cl-].[Cl-].[Zr+2]=[CH]Cc1ccccc1.c1ccc2c(c1)[cH-]c1ccccc12. The topological polar surface area (TPSA) is 0 Å². The average Bonchev–Trinajstić information content (AvgIpc) is 3.55. The van der Waals surface area contributed by atoms with Crippen LogP contribution in [0.3, 0.4) is 0 Å². The number of fused-ring (bicyclic) bond motifs is 3. The molecule has 3 heteroatoms. The van der Waals surface area contributed by atoms with E-state index in [0.717, 1.165) is 12.8 Å². The molecule has 0 N–H and O–H groups in total. The molecule has 1 aliphatic rings. The monoisotopic (exact) mass is 570 g/mol. The van der Waals surface area contributed by atoms with Gasteiger partial charge in [0.05, 0.1) is 0 Å². The maximum atomic E-state index is 3.15. The van der Waals surface area contributed by atoms with E-state index in [0.29, 0.717) is 0 Å². The first-order chi connectivity index (χ1) is 16.3. The zero-order valence-corrected chi connectivity index (χ0v) is 23.3. The Bertz CT molecular complexity index is 1320. The van der Waals surface area contributed by atoms with Crippen LogP contribution < -0.4 is 24.8 Å². The van der Waals surface area contributed by atoms with Crippen LogP contribution >= 0.6 is 0 Å². The van der Waals surface area contributed by atoms with Crippen LogP contribution in [0.25, 0.3) is 27.1 Å². The molecule has 0 radical (unpaired) electrons. The Kier molecular flexibility index (Phi) is 12.8. The van der Waals surface area contributed by atoms with Gasteiger partial charge in [0.15, 0.2) is 0 Å². The van der Waals surface area contributed by atoms with Gasteiger partial charge in [-0.15, -0.1) is 51.7 Å². The summed E-state index contributed by atoms with van der Waals surface area (Å²) in [7, 11) is 0. The molecule has 0 unspecified atom stereocenters.